The molecule has 0 fully saturated rings. The second kappa shape index (κ2) is 8.72. The first-order valence-electron chi connectivity index (χ1n) is 5.40. The van der Waals surface area contributed by atoms with E-state index in [0.717, 1.165) is 15.7 Å². The molecule has 1 amide bonds. The second-order valence-corrected chi connectivity index (χ2v) is 4.92. The molecule has 0 aromatic heterocycles. The van der Waals surface area contributed by atoms with Gasteiger partial charge in [-0.2, -0.15) is 0 Å². The highest BCUT2D eigenvalue weighted by molar-refractivity contribution is 14.1. The maximum atomic E-state index is 11.8. The van der Waals surface area contributed by atoms with Gasteiger partial charge in [0.15, 0.2) is 0 Å². The molecule has 2 N–H and O–H groups in total. The smallest absolute Gasteiger partial charge is 0.251 e. The molecule has 17 heavy (non-hydrogen) atoms. The molecule has 1 aromatic carbocycles. The second-order valence-electron chi connectivity index (χ2n) is 3.68. The topological polar surface area (TPSA) is 41.1 Å². The van der Waals surface area contributed by atoms with Crippen LogP contribution in [0.1, 0.15) is 24.2 Å². The van der Waals surface area contributed by atoms with Crippen LogP contribution in [0.2, 0.25) is 0 Å². The minimum Gasteiger partial charge on any atom is -0.350 e. The first kappa shape index (κ1) is 16.7. The summed E-state index contributed by atoms with van der Waals surface area (Å²) in [6.45, 7) is 5.68. The van der Waals surface area contributed by atoms with E-state index >= 15 is 0 Å². The fourth-order valence-electron chi connectivity index (χ4n) is 1.40. The Morgan fingerprint density at radius 3 is 2.76 bits per heavy atom. The summed E-state index contributed by atoms with van der Waals surface area (Å²) in [6, 6.07) is 7.88. The van der Waals surface area contributed by atoms with E-state index in [1.165, 1.54) is 0 Å². The molecule has 1 rings (SSSR count). The summed E-state index contributed by atoms with van der Waals surface area (Å²) in [5, 5.41) is 6.15. The molecule has 0 heterocycles. The highest BCUT2D eigenvalue weighted by Gasteiger charge is 2.06. The molecule has 0 saturated carbocycles. The first-order valence-corrected chi connectivity index (χ1v) is 6.48. The van der Waals surface area contributed by atoms with Crippen molar-refractivity contribution in [3.8, 4) is 0 Å². The summed E-state index contributed by atoms with van der Waals surface area (Å²) in [7, 11) is 0. The van der Waals surface area contributed by atoms with Gasteiger partial charge in [-0.05, 0) is 54.3 Å². The van der Waals surface area contributed by atoms with Gasteiger partial charge in [-0.15, -0.1) is 12.4 Å². The van der Waals surface area contributed by atoms with Crippen molar-refractivity contribution in [1.29, 1.82) is 0 Å². The standard InChI is InChI=1S/C12H17IN2O.ClH/c1-3-14-9(2)8-15-12(16)10-5-4-6-11(13)7-10;/h4-7,9,14H,3,8H2,1-2H3,(H,15,16);1H/t9-;/m1./s1. The average Bonchev–Trinajstić information content (AvgIpc) is 2.26. The van der Waals surface area contributed by atoms with Crippen LogP contribution in [0.4, 0.5) is 0 Å². The monoisotopic (exact) mass is 368 g/mol. The van der Waals surface area contributed by atoms with E-state index in [1.807, 2.05) is 24.3 Å². The number of amides is 1. The number of halogens is 2. The van der Waals surface area contributed by atoms with E-state index in [0.29, 0.717) is 12.6 Å². The van der Waals surface area contributed by atoms with Gasteiger partial charge < -0.3 is 10.6 Å². The molecule has 0 radical (unpaired) electrons. The Morgan fingerprint density at radius 2 is 2.18 bits per heavy atom. The molecular weight excluding hydrogens is 351 g/mol. The number of nitrogens with one attached hydrogen (secondary N) is 2. The van der Waals surface area contributed by atoms with Crippen LogP contribution in [0.25, 0.3) is 0 Å². The Hall–Kier alpha value is -0.330. The third-order valence-corrected chi connectivity index (χ3v) is 2.88. The summed E-state index contributed by atoms with van der Waals surface area (Å²) in [5.74, 6) is -0.0109. The van der Waals surface area contributed by atoms with Gasteiger partial charge in [0.1, 0.15) is 0 Å². The third kappa shape index (κ3) is 6.24. The Kier molecular flexibility index (Phi) is 8.55. The summed E-state index contributed by atoms with van der Waals surface area (Å²) in [4.78, 5) is 11.8. The Bertz CT molecular complexity index is 360. The Morgan fingerprint density at radius 1 is 1.47 bits per heavy atom. The molecule has 0 saturated heterocycles. The van der Waals surface area contributed by atoms with Gasteiger partial charge in [-0.1, -0.05) is 13.0 Å². The summed E-state index contributed by atoms with van der Waals surface area (Å²) >= 11 is 2.20. The molecule has 1 aromatic rings. The predicted octanol–water partition coefficient (Wildman–Crippen LogP) is 2.44. The zero-order chi connectivity index (χ0) is 12.0. The molecule has 3 nitrogen and oxygen atoms in total. The summed E-state index contributed by atoms with van der Waals surface area (Å²) < 4.78 is 1.07. The minimum absolute atomic E-state index is 0. The number of carbonyl (C=O) groups excluding carboxylic acids is 1. The number of benzene rings is 1. The van der Waals surface area contributed by atoms with E-state index < -0.39 is 0 Å². The van der Waals surface area contributed by atoms with Crippen molar-refractivity contribution in [1.82, 2.24) is 10.6 Å². The van der Waals surface area contributed by atoms with Crippen molar-refractivity contribution in [3.05, 3.63) is 33.4 Å². The van der Waals surface area contributed by atoms with Crippen LogP contribution in [0, 0.1) is 3.57 Å². The van der Waals surface area contributed by atoms with Gasteiger partial charge in [0, 0.05) is 21.7 Å². The van der Waals surface area contributed by atoms with E-state index in [2.05, 4.69) is 47.1 Å². The molecule has 0 unspecified atom stereocenters. The molecule has 96 valence electrons. The predicted molar refractivity (Wildman–Crippen MR) is 81.9 cm³/mol. The normalized spacial score (nSPS) is 11.5. The van der Waals surface area contributed by atoms with Crippen LogP contribution in [0.3, 0.4) is 0 Å². The van der Waals surface area contributed by atoms with Crippen molar-refractivity contribution in [2.75, 3.05) is 13.1 Å². The maximum absolute atomic E-state index is 11.8. The SMILES string of the molecule is CCN[C@H](C)CNC(=O)c1cccc(I)c1.Cl. The van der Waals surface area contributed by atoms with Gasteiger partial charge in [0.25, 0.3) is 5.91 Å². The lowest BCUT2D eigenvalue weighted by Gasteiger charge is -2.13. The average molecular weight is 369 g/mol. The molecule has 0 aliphatic rings. The number of likely N-dealkylation sites (N-methyl/N-ethyl adjacent to an activating group) is 1. The fourth-order valence-corrected chi connectivity index (χ4v) is 1.94. The first-order chi connectivity index (χ1) is 7.63. The summed E-state index contributed by atoms with van der Waals surface area (Å²) in [6.07, 6.45) is 0. The molecule has 0 bridgehead atoms. The van der Waals surface area contributed by atoms with Crippen molar-refractivity contribution in [2.24, 2.45) is 0 Å². The van der Waals surface area contributed by atoms with Crippen LogP contribution < -0.4 is 10.6 Å². The third-order valence-electron chi connectivity index (χ3n) is 2.21. The largest absolute Gasteiger partial charge is 0.350 e. The maximum Gasteiger partial charge on any atom is 0.251 e. The van der Waals surface area contributed by atoms with E-state index in [-0.39, 0.29) is 18.3 Å². The molecule has 5 heteroatoms. The number of carbonyl (C=O) groups is 1. The van der Waals surface area contributed by atoms with Crippen molar-refractivity contribution in [3.63, 3.8) is 0 Å². The number of rotatable bonds is 5. The van der Waals surface area contributed by atoms with Crippen LogP contribution >= 0.6 is 35.0 Å². The van der Waals surface area contributed by atoms with Gasteiger partial charge in [0.05, 0.1) is 0 Å². The van der Waals surface area contributed by atoms with Gasteiger partial charge in [-0.25, -0.2) is 0 Å². The van der Waals surface area contributed by atoms with E-state index in [1.54, 1.807) is 0 Å². The van der Waals surface area contributed by atoms with Gasteiger partial charge in [0.2, 0.25) is 0 Å². The lowest BCUT2D eigenvalue weighted by Crippen LogP contribution is -2.38. The van der Waals surface area contributed by atoms with Crippen LogP contribution in [0.15, 0.2) is 24.3 Å². The van der Waals surface area contributed by atoms with E-state index in [4.69, 9.17) is 0 Å². The quantitative estimate of drug-likeness (QED) is 0.784. The summed E-state index contributed by atoms with van der Waals surface area (Å²) in [5.41, 5.74) is 0.718. The van der Waals surface area contributed by atoms with Crippen molar-refractivity contribution >= 4 is 40.9 Å². The highest BCUT2D eigenvalue weighted by atomic mass is 127. The van der Waals surface area contributed by atoms with Crippen LogP contribution in [0.5, 0.6) is 0 Å². The molecule has 0 spiro atoms. The van der Waals surface area contributed by atoms with Gasteiger partial charge in [-0.3, -0.25) is 4.79 Å². The molecular formula is C12H18ClIN2O. The van der Waals surface area contributed by atoms with Crippen LogP contribution in [-0.2, 0) is 0 Å². The zero-order valence-electron chi connectivity index (χ0n) is 10.00. The van der Waals surface area contributed by atoms with Crippen molar-refractivity contribution < 1.29 is 4.79 Å². The van der Waals surface area contributed by atoms with Gasteiger partial charge >= 0.3 is 0 Å². The number of hydrogen-bond donors (Lipinski definition) is 2. The van der Waals surface area contributed by atoms with Crippen molar-refractivity contribution in [2.45, 2.75) is 19.9 Å². The Balaban J connectivity index is 0.00000256. The number of hydrogen-bond acceptors (Lipinski definition) is 2. The molecule has 0 aliphatic heterocycles. The highest BCUT2D eigenvalue weighted by Crippen LogP contribution is 2.07. The zero-order valence-corrected chi connectivity index (χ0v) is 13.0. The van der Waals surface area contributed by atoms with Crippen LogP contribution in [-0.4, -0.2) is 25.0 Å². The lowest BCUT2D eigenvalue weighted by atomic mass is 10.2. The lowest BCUT2D eigenvalue weighted by molar-refractivity contribution is 0.0950. The Labute approximate surface area is 122 Å². The molecule has 1 atom stereocenters. The minimum atomic E-state index is -0.0109. The molecule has 0 aliphatic carbocycles. The van der Waals surface area contributed by atoms with E-state index in [9.17, 15) is 4.79 Å². The fraction of sp³-hybridized carbons (Fsp3) is 0.417.